The van der Waals surface area contributed by atoms with Gasteiger partial charge in [-0.1, -0.05) is 30.3 Å². The first-order valence-electron chi connectivity index (χ1n) is 11.6. The lowest BCUT2D eigenvalue weighted by atomic mass is 9.98. The third-order valence-corrected chi connectivity index (χ3v) is 6.04. The predicted octanol–water partition coefficient (Wildman–Crippen LogP) is 4.68. The number of benzene rings is 2. The monoisotopic (exact) mass is 602 g/mol. The molecule has 218 valence electrons. The molecule has 0 aromatic heterocycles. The highest BCUT2D eigenvalue weighted by molar-refractivity contribution is 6.02. The van der Waals surface area contributed by atoms with Crippen LogP contribution in [0.2, 0.25) is 0 Å². The molecule has 1 aliphatic heterocycles. The second-order valence-corrected chi connectivity index (χ2v) is 9.00. The maximum atomic E-state index is 13.6. The summed E-state index contributed by atoms with van der Waals surface area (Å²) in [5.41, 5.74) is 0.0658. The largest absolute Gasteiger partial charge is 0.471 e. The highest BCUT2D eigenvalue weighted by Gasteiger charge is 2.44. The first kappa shape index (κ1) is 34.5. The van der Waals surface area contributed by atoms with Crippen LogP contribution in [0.4, 0.5) is 32.0 Å². The average molecular weight is 603 g/mol. The first-order valence-corrected chi connectivity index (χ1v) is 11.6. The van der Waals surface area contributed by atoms with E-state index >= 15 is 0 Å². The SMILES string of the molecule is CN(C)CCN(Cc1ccccc1C(F)(F)F)C(=O)CN(C(=O)C(F)(F)F)c1cccc2c1CCNC2.Cl.Cl. The molecule has 0 radical (unpaired) electrons. The molecule has 0 unspecified atom stereocenters. The van der Waals surface area contributed by atoms with Crippen LogP contribution >= 0.6 is 24.8 Å². The third kappa shape index (κ3) is 8.99. The number of hydrogen-bond acceptors (Lipinski definition) is 4. The van der Waals surface area contributed by atoms with Crippen LogP contribution in [0, 0.1) is 0 Å². The number of halogens is 8. The van der Waals surface area contributed by atoms with Crippen molar-refractivity contribution in [3.63, 3.8) is 0 Å². The molecule has 3 rings (SSSR count). The van der Waals surface area contributed by atoms with Crippen molar-refractivity contribution in [1.82, 2.24) is 15.1 Å². The number of carbonyl (C=O) groups excluding carboxylic acids is 2. The van der Waals surface area contributed by atoms with E-state index in [2.05, 4.69) is 5.32 Å². The summed E-state index contributed by atoms with van der Waals surface area (Å²) in [6, 6.07) is 9.29. The Hall–Kier alpha value is -2.54. The van der Waals surface area contributed by atoms with Crippen molar-refractivity contribution in [1.29, 1.82) is 0 Å². The maximum absolute atomic E-state index is 13.6. The van der Waals surface area contributed by atoms with Crippen LogP contribution in [0.3, 0.4) is 0 Å². The first-order chi connectivity index (χ1) is 17.3. The molecule has 1 aliphatic rings. The summed E-state index contributed by atoms with van der Waals surface area (Å²) in [5, 5.41) is 3.10. The van der Waals surface area contributed by atoms with Crippen molar-refractivity contribution in [2.24, 2.45) is 0 Å². The molecule has 0 atom stereocenters. The van der Waals surface area contributed by atoms with Crippen LogP contribution in [0.5, 0.6) is 0 Å². The van der Waals surface area contributed by atoms with Gasteiger partial charge in [-0.3, -0.25) is 14.5 Å². The number of rotatable bonds is 8. The van der Waals surface area contributed by atoms with Crippen LogP contribution < -0.4 is 10.2 Å². The van der Waals surface area contributed by atoms with Gasteiger partial charge < -0.3 is 15.1 Å². The van der Waals surface area contributed by atoms with E-state index in [1.165, 1.54) is 30.3 Å². The van der Waals surface area contributed by atoms with Crippen molar-refractivity contribution in [2.45, 2.75) is 31.9 Å². The molecule has 2 aromatic rings. The Balaban J connectivity index is 0.00000380. The Morgan fingerprint density at radius 3 is 2.21 bits per heavy atom. The zero-order valence-corrected chi connectivity index (χ0v) is 22.9. The quantitative estimate of drug-likeness (QED) is 0.446. The van der Waals surface area contributed by atoms with Gasteiger partial charge in [0.15, 0.2) is 0 Å². The Morgan fingerprint density at radius 2 is 1.59 bits per heavy atom. The van der Waals surface area contributed by atoms with E-state index in [0.717, 1.165) is 11.0 Å². The molecule has 2 aromatic carbocycles. The van der Waals surface area contributed by atoms with E-state index in [1.54, 1.807) is 25.1 Å². The molecule has 0 spiro atoms. The molecule has 0 bridgehead atoms. The van der Waals surface area contributed by atoms with E-state index < -0.39 is 42.8 Å². The normalized spacial score (nSPS) is 13.2. The van der Waals surface area contributed by atoms with Gasteiger partial charge in [0, 0.05) is 31.9 Å². The van der Waals surface area contributed by atoms with Crippen molar-refractivity contribution in [3.8, 4) is 0 Å². The number of anilines is 1. The minimum atomic E-state index is -5.26. The van der Waals surface area contributed by atoms with E-state index in [1.807, 2.05) is 0 Å². The number of nitrogens with zero attached hydrogens (tertiary/aromatic N) is 3. The highest BCUT2D eigenvalue weighted by Crippen LogP contribution is 2.33. The minimum absolute atomic E-state index is 0. The molecule has 0 fully saturated rings. The van der Waals surface area contributed by atoms with E-state index in [0.29, 0.717) is 35.5 Å². The Bertz CT molecular complexity index is 1130. The summed E-state index contributed by atoms with van der Waals surface area (Å²) in [5.74, 6) is -3.11. The standard InChI is InChI=1S/C25H28F6N4O2.2ClH/c1-33(2)12-13-34(15-18-6-3-4-8-20(18)24(26,27)28)22(36)16-35(23(37)25(29,30)31)21-9-5-7-17-14-32-11-10-19(17)21;;/h3-9,32H,10-16H2,1-2H3;2*1H. The van der Waals surface area contributed by atoms with Gasteiger partial charge in [-0.05, 0) is 55.9 Å². The van der Waals surface area contributed by atoms with Crippen LogP contribution in [-0.2, 0) is 35.3 Å². The number of carbonyl (C=O) groups is 2. The van der Waals surface area contributed by atoms with Crippen molar-refractivity contribution in [3.05, 3.63) is 64.7 Å². The number of alkyl halides is 6. The molecule has 0 saturated carbocycles. The molecule has 1 N–H and O–H groups in total. The zero-order valence-electron chi connectivity index (χ0n) is 21.2. The number of amides is 2. The van der Waals surface area contributed by atoms with Crippen molar-refractivity contribution >= 4 is 42.3 Å². The number of likely N-dealkylation sites (N-methyl/N-ethyl adjacent to an activating group) is 1. The van der Waals surface area contributed by atoms with Crippen molar-refractivity contribution < 1.29 is 35.9 Å². The average Bonchev–Trinajstić information content (AvgIpc) is 2.83. The molecule has 0 saturated heterocycles. The number of nitrogens with one attached hydrogen (secondary N) is 1. The summed E-state index contributed by atoms with van der Waals surface area (Å²) >= 11 is 0. The molecular formula is C25H30Cl2F6N4O2. The van der Waals surface area contributed by atoms with Gasteiger partial charge in [0.25, 0.3) is 0 Å². The number of hydrogen-bond donors (Lipinski definition) is 1. The highest BCUT2D eigenvalue weighted by atomic mass is 35.5. The van der Waals surface area contributed by atoms with Gasteiger partial charge in [-0.15, -0.1) is 24.8 Å². The third-order valence-electron chi connectivity index (χ3n) is 6.04. The minimum Gasteiger partial charge on any atom is -0.336 e. The van der Waals surface area contributed by atoms with Gasteiger partial charge in [0.05, 0.1) is 5.56 Å². The lowest BCUT2D eigenvalue weighted by Crippen LogP contribution is -2.49. The summed E-state index contributed by atoms with van der Waals surface area (Å²) in [4.78, 5) is 29.0. The summed E-state index contributed by atoms with van der Waals surface area (Å²) in [7, 11) is 3.38. The Morgan fingerprint density at radius 1 is 0.923 bits per heavy atom. The fourth-order valence-electron chi connectivity index (χ4n) is 4.17. The predicted molar refractivity (Wildman–Crippen MR) is 140 cm³/mol. The van der Waals surface area contributed by atoms with Crippen LogP contribution in [0.15, 0.2) is 42.5 Å². The van der Waals surface area contributed by atoms with Crippen LogP contribution in [0.1, 0.15) is 22.3 Å². The van der Waals surface area contributed by atoms with E-state index in [9.17, 15) is 35.9 Å². The van der Waals surface area contributed by atoms with Crippen LogP contribution in [0.25, 0.3) is 0 Å². The second kappa shape index (κ2) is 14.2. The molecule has 14 heteroatoms. The maximum Gasteiger partial charge on any atom is 0.471 e. The topological polar surface area (TPSA) is 55.9 Å². The number of fused-ring (bicyclic) bond motifs is 1. The van der Waals surface area contributed by atoms with Gasteiger partial charge in [0.2, 0.25) is 5.91 Å². The fourth-order valence-corrected chi connectivity index (χ4v) is 4.17. The Kier molecular flexibility index (Phi) is 12.6. The molecule has 1 heterocycles. The second-order valence-electron chi connectivity index (χ2n) is 9.00. The van der Waals surface area contributed by atoms with E-state index in [-0.39, 0.29) is 49.2 Å². The van der Waals surface area contributed by atoms with Gasteiger partial charge in [-0.25, -0.2) is 0 Å². The zero-order chi connectivity index (χ0) is 27.4. The van der Waals surface area contributed by atoms with Crippen LogP contribution in [-0.4, -0.2) is 68.1 Å². The van der Waals surface area contributed by atoms with Gasteiger partial charge in [0.1, 0.15) is 6.54 Å². The summed E-state index contributed by atoms with van der Waals surface area (Å²) in [6.45, 7) is -0.372. The molecule has 6 nitrogen and oxygen atoms in total. The van der Waals surface area contributed by atoms with Crippen molar-refractivity contribution in [2.75, 3.05) is 45.2 Å². The lowest BCUT2D eigenvalue weighted by Gasteiger charge is -2.32. The molecule has 0 aliphatic carbocycles. The molecule has 39 heavy (non-hydrogen) atoms. The lowest BCUT2D eigenvalue weighted by molar-refractivity contribution is -0.170. The van der Waals surface area contributed by atoms with Gasteiger partial charge in [-0.2, -0.15) is 26.3 Å². The fraction of sp³-hybridized carbons (Fsp3) is 0.440. The summed E-state index contributed by atoms with van der Waals surface area (Å²) < 4.78 is 81.4. The molecule has 2 amide bonds. The smallest absolute Gasteiger partial charge is 0.336 e. The van der Waals surface area contributed by atoms with E-state index in [4.69, 9.17) is 0 Å². The Labute approximate surface area is 235 Å². The van der Waals surface area contributed by atoms with Gasteiger partial charge >= 0.3 is 18.3 Å². The molecular weight excluding hydrogens is 573 g/mol. The summed E-state index contributed by atoms with van der Waals surface area (Å²) in [6.07, 6.45) is -9.58.